The van der Waals surface area contributed by atoms with Crippen molar-refractivity contribution in [3.05, 3.63) is 22.3 Å². The van der Waals surface area contributed by atoms with Crippen LogP contribution in [0.4, 0.5) is 5.95 Å². The van der Waals surface area contributed by atoms with Crippen LogP contribution in [-0.4, -0.2) is 31.2 Å². The minimum Gasteiger partial charge on any atom is -0.396 e. The maximum absolute atomic E-state index is 11.5. The molecule has 4 N–H and O–H groups in total. The zero-order valence-electron chi connectivity index (χ0n) is 8.92. The van der Waals surface area contributed by atoms with Crippen molar-refractivity contribution in [1.29, 1.82) is 0 Å². The lowest BCUT2D eigenvalue weighted by Crippen LogP contribution is -2.11. The lowest BCUT2D eigenvalue weighted by atomic mass is 10.4. The highest BCUT2D eigenvalue weighted by Crippen LogP contribution is 2.37. The van der Waals surface area contributed by atoms with E-state index in [2.05, 4.69) is 15.0 Å². The molecule has 1 fully saturated rings. The number of aliphatic hydroxyl groups excluding tert-OH is 1. The maximum Gasteiger partial charge on any atom is 0.280 e. The number of nitrogen functional groups attached to an aromatic ring is 1. The molecule has 2 heterocycles. The molecule has 0 aromatic carbocycles. The largest absolute Gasteiger partial charge is 0.396 e. The van der Waals surface area contributed by atoms with Crippen LogP contribution >= 0.6 is 0 Å². The summed E-state index contributed by atoms with van der Waals surface area (Å²) in [5.74, 6) is 0.295. The number of fused-ring (bicyclic) bond motifs is 1. The SMILES string of the molecule is Nc1nc2c(ncn2C=C2C[C@H]2CO)c(=O)[nH]1. The second-order valence-corrected chi connectivity index (χ2v) is 4.06. The van der Waals surface area contributed by atoms with Crippen molar-refractivity contribution in [2.24, 2.45) is 5.92 Å². The fourth-order valence-electron chi connectivity index (χ4n) is 1.78. The van der Waals surface area contributed by atoms with Gasteiger partial charge in [0.25, 0.3) is 5.56 Å². The van der Waals surface area contributed by atoms with Gasteiger partial charge in [0.1, 0.15) is 6.33 Å². The number of H-pyrrole nitrogens is 1. The number of hydrogen-bond acceptors (Lipinski definition) is 5. The van der Waals surface area contributed by atoms with Gasteiger partial charge in [0.15, 0.2) is 11.2 Å². The number of aromatic nitrogens is 4. The van der Waals surface area contributed by atoms with Gasteiger partial charge in [0.05, 0.1) is 0 Å². The number of nitrogens with one attached hydrogen (secondary N) is 1. The van der Waals surface area contributed by atoms with E-state index in [1.807, 2.05) is 6.20 Å². The van der Waals surface area contributed by atoms with E-state index in [-0.39, 0.29) is 29.5 Å². The zero-order valence-corrected chi connectivity index (χ0v) is 8.92. The molecule has 1 aliphatic rings. The van der Waals surface area contributed by atoms with Gasteiger partial charge in [-0.25, -0.2) is 4.98 Å². The molecule has 1 atom stereocenters. The summed E-state index contributed by atoms with van der Waals surface area (Å²) >= 11 is 0. The number of hydrogen-bond donors (Lipinski definition) is 3. The first-order valence-electron chi connectivity index (χ1n) is 5.23. The molecule has 2 aromatic heterocycles. The van der Waals surface area contributed by atoms with Crippen LogP contribution in [0.2, 0.25) is 0 Å². The second-order valence-electron chi connectivity index (χ2n) is 4.06. The Balaban J connectivity index is 2.13. The smallest absolute Gasteiger partial charge is 0.280 e. The molecule has 7 nitrogen and oxygen atoms in total. The Morgan fingerprint density at radius 3 is 3.24 bits per heavy atom. The van der Waals surface area contributed by atoms with E-state index in [1.54, 1.807) is 4.57 Å². The average Bonchev–Trinajstić information content (AvgIpc) is 2.92. The van der Waals surface area contributed by atoms with E-state index in [1.165, 1.54) is 6.33 Å². The number of nitrogens with zero attached hydrogens (tertiary/aromatic N) is 3. The van der Waals surface area contributed by atoms with Crippen LogP contribution in [0.15, 0.2) is 16.7 Å². The van der Waals surface area contributed by atoms with Gasteiger partial charge < -0.3 is 10.8 Å². The van der Waals surface area contributed by atoms with Crippen molar-refractivity contribution in [1.82, 2.24) is 19.5 Å². The Bertz CT molecular complexity index is 669. The average molecular weight is 233 g/mol. The van der Waals surface area contributed by atoms with E-state index >= 15 is 0 Å². The third kappa shape index (κ3) is 1.60. The van der Waals surface area contributed by atoms with Gasteiger partial charge in [0.2, 0.25) is 5.95 Å². The highest BCUT2D eigenvalue weighted by Gasteiger charge is 2.28. The third-order valence-electron chi connectivity index (χ3n) is 2.82. The summed E-state index contributed by atoms with van der Waals surface area (Å²) in [6, 6.07) is 0. The highest BCUT2D eigenvalue weighted by atomic mass is 16.3. The molecular weight excluding hydrogens is 222 g/mol. The van der Waals surface area contributed by atoms with Gasteiger partial charge in [-0.05, 0) is 12.0 Å². The molecule has 2 aromatic rings. The molecule has 0 spiro atoms. The zero-order chi connectivity index (χ0) is 12.0. The molecule has 0 bridgehead atoms. The van der Waals surface area contributed by atoms with E-state index < -0.39 is 0 Å². The normalized spacial score (nSPS) is 21.2. The first kappa shape index (κ1) is 10.0. The molecule has 3 rings (SSSR count). The van der Waals surface area contributed by atoms with Gasteiger partial charge >= 0.3 is 0 Å². The fourth-order valence-corrected chi connectivity index (χ4v) is 1.78. The molecule has 0 saturated heterocycles. The molecule has 7 heteroatoms. The molecule has 88 valence electrons. The van der Waals surface area contributed by atoms with Crippen molar-refractivity contribution in [3.63, 3.8) is 0 Å². The first-order valence-corrected chi connectivity index (χ1v) is 5.23. The van der Waals surface area contributed by atoms with Crippen molar-refractivity contribution < 1.29 is 5.11 Å². The Morgan fingerprint density at radius 2 is 2.53 bits per heavy atom. The Kier molecular flexibility index (Phi) is 2.02. The van der Waals surface area contributed by atoms with Gasteiger partial charge in [-0.3, -0.25) is 14.3 Å². The molecule has 1 saturated carbocycles. The first-order chi connectivity index (χ1) is 8.19. The van der Waals surface area contributed by atoms with Gasteiger partial charge in [-0.2, -0.15) is 4.98 Å². The van der Waals surface area contributed by atoms with Crippen LogP contribution in [0.25, 0.3) is 17.4 Å². The lowest BCUT2D eigenvalue weighted by Gasteiger charge is -1.96. The minimum atomic E-state index is -0.348. The standard InChI is InChI=1S/C10H11N5O2/c11-10-13-8-7(9(17)14-10)12-4-15(8)2-5-1-6(5)3-16/h2,4,6,16H,1,3H2,(H3,11,13,14,17)/t6-/m0/s1. The summed E-state index contributed by atoms with van der Waals surface area (Å²) in [5, 5.41) is 8.95. The molecule has 0 amide bonds. The van der Waals surface area contributed by atoms with E-state index in [0.29, 0.717) is 5.65 Å². The van der Waals surface area contributed by atoms with Crippen LogP contribution in [0.3, 0.4) is 0 Å². The molecule has 17 heavy (non-hydrogen) atoms. The van der Waals surface area contributed by atoms with Crippen LogP contribution < -0.4 is 11.3 Å². The molecular formula is C10H11N5O2. The van der Waals surface area contributed by atoms with E-state index in [0.717, 1.165) is 12.0 Å². The second kappa shape index (κ2) is 3.42. The summed E-state index contributed by atoms with van der Waals surface area (Å²) in [4.78, 5) is 21.9. The van der Waals surface area contributed by atoms with E-state index in [4.69, 9.17) is 10.8 Å². The fraction of sp³-hybridized carbons (Fsp3) is 0.300. The van der Waals surface area contributed by atoms with Crippen LogP contribution in [-0.2, 0) is 0 Å². The topological polar surface area (TPSA) is 110 Å². The van der Waals surface area contributed by atoms with Crippen LogP contribution in [0.5, 0.6) is 0 Å². The van der Waals surface area contributed by atoms with Gasteiger partial charge in [-0.1, -0.05) is 0 Å². The summed E-state index contributed by atoms with van der Waals surface area (Å²) in [7, 11) is 0. The van der Waals surface area contributed by atoms with Crippen LogP contribution in [0, 0.1) is 5.92 Å². The Labute approximate surface area is 95.6 Å². The van der Waals surface area contributed by atoms with Gasteiger partial charge in [-0.15, -0.1) is 0 Å². The maximum atomic E-state index is 11.5. The summed E-state index contributed by atoms with van der Waals surface area (Å²) < 4.78 is 1.66. The minimum absolute atomic E-state index is 0.0668. The summed E-state index contributed by atoms with van der Waals surface area (Å²) in [5.41, 5.74) is 6.95. The Hall–Kier alpha value is -2.15. The molecule has 0 aliphatic heterocycles. The summed E-state index contributed by atoms with van der Waals surface area (Å²) in [6.07, 6.45) is 4.23. The van der Waals surface area contributed by atoms with Gasteiger partial charge in [0, 0.05) is 18.7 Å². The number of anilines is 1. The number of aromatic amines is 1. The van der Waals surface area contributed by atoms with Crippen LogP contribution in [0.1, 0.15) is 6.42 Å². The number of aliphatic hydroxyl groups is 1. The predicted octanol–water partition coefficient (Wildman–Crippen LogP) is -0.445. The lowest BCUT2D eigenvalue weighted by molar-refractivity contribution is 0.281. The quantitative estimate of drug-likeness (QED) is 0.651. The predicted molar refractivity (Wildman–Crippen MR) is 62.0 cm³/mol. The van der Waals surface area contributed by atoms with Crippen molar-refractivity contribution in [3.8, 4) is 0 Å². The number of nitrogens with two attached hydrogens (primary N) is 1. The van der Waals surface area contributed by atoms with Crippen molar-refractivity contribution in [2.75, 3.05) is 12.3 Å². The third-order valence-corrected chi connectivity index (χ3v) is 2.82. The Morgan fingerprint density at radius 1 is 1.71 bits per heavy atom. The summed E-state index contributed by atoms with van der Waals surface area (Å²) in [6.45, 7) is 0.147. The highest BCUT2D eigenvalue weighted by molar-refractivity contribution is 5.73. The van der Waals surface area contributed by atoms with Crippen molar-refractivity contribution in [2.45, 2.75) is 6.42 Å². The number of rotatable bonds is 2. The monoisotopic (exact) mass is 233 g/mol. The molecule has 0 unspecified atom stereocenters. The van der Waals surface area contributed by atoms with Crippen molar-refractivity contribution >= 4 is 23.3 Å². The molecule has 1 aliphatic carbocycles. The van der Waals surface area contributed by atoms with E-state index in [9.17, 15) is 4.79 Å². The molecule has 0 radical (unpaired) electrons. The number of imidazole rings is 1.